The molecule has 4 rings (SSSR count). The molecule has 3 aromatic rings. The van der Waals surface area contributed by atoms with Crippen LogP contribution >= 0.6 is 0 Å². The van der Waals surface area contributed by atoms with E-state index in [0.29, 0.717) is 13.1 Å². The van der Waals surface area contributed by atoms with Gasteiger partial charge in [-0.25, -0.2) is 0 Å². The molecule has 0 bridgehead atoms. The van der Waals surface area contributed by atoms with Crippen molar-refractivity contribution in [1.82, 2.24) is 19.6 Å². The van der Waals surface area contributed by atoms with Crippen LogP contribution in [0.1, 0.15) is 0 Å². The predicted octanol–water partition coefficient (Wildman–Crippen LogP) is 2.83. The van der Waals surface area contributed by atoms with Crippen molar-refractivity contribution in [3.05, 3.63) is 66.7 Å². The Balaban J connectivity index is 1.55. The summed E-state index contributed by atoms with van der Waals surface area (Å²) in [5.74, 6) is 0. The maximum absolute atomic E-state index is 10.8. The molecule has 0 radical (unpaired) electrons. The molecule has 0 amide bonds. The third-order valence-corrected chi connectivity index (χ3v) is 5.37. The molecule has 0 saturated carbocycles. The molecule has 0 aliphatic carbocycles. The first kappa shape index (κ1) is 18.9. The minimum absolute atomic E-state index is 0.450. The van der Waals surface area contributed by atoms with Crippen molar-refractivity contribution in [1.29, 1.82) is 0 Å². The quantitative estimate of drug-likeness (QED) is 0.719. The molecule has 28 heavy (non-hydrogen) atoms. The molecule has 1 N–H and O–H groups in total. The summed E-state index contributed by atoms with van der Waals surface area (Å²) in [5, 5.41) is 15.6. The van der Waals surface area contributed by atoms with Gasteiger partial charge < -0.3 is 10.0 Å². The number of aliphatic hydroxyl groups is 1. The van der Waals surface area contributed by atoms with Crippen LogP contribution < -0.4 is 0 Å². The van der Waals surface area contributed by atoms with Crippen LogP contribution in [0.4, 0.5) is 0 Å². The number of aromatic nitrogens is 2. The summed E-state index contributed by atoms with van der Waals surface area (Å²) in [6, 6.07) is 22.6. The molecule has 2 aromatic carbocycles. The van der Waals surface area contributed by atoms with Crippen LogP contribution in [0.3, 0.4) is 0 Å². The maximum Gasteiger partial charge on any atom is 0.0929 e. The summed E-state index contributed by atoms with van der Waals surface area (Å²) in [6.07, 6.45) is -0.450. The number of hydrogen-bond donors (Lipinski definition) is 1. The molecule has 5 nitrogen and oxygen atoms in total. The van der Waals surface area contributed by atoms with Crippen molar-refractivity contribution in [3.63, 3.8) is 0 Å². The average Bonchev–Trinajstić information content (AvgIpc) is 3.15. The molecule has 1 saturated heterocycles. The molecule has 1 aliphatic heterocycles. The molecule has 1 fully saturated rings. The number of rotatable bonds is 6. The largest absolute Gasteiger partial charge is 0.390 e. The SMILES string of the molecule is CN1CCN(CC(O)Cn2nc(-c3ccccc3)cc2-c2ccccc2)CC1. The summed E-state index contributed by atoms with van der Waals surface area (Å²) < 4.78 is 1.96. The number of hydrogen-bond acceptors (Lipinski definition) is 4. The number of β-amino-alcohol motifs (C(OH)–C–C–N with tert-alkyl or cyclic N) is 1. The fourth-order valence-electron chi connectivity index (χ4n) is 3.73. The zero-order valence-electron chi connectivity index (χ0n) is 16.4. The lowest BCUT2D eigenvalue weighted by Gasteiger charge is -2.33. The second-order valence-electron chi connectivity index (χ2n) is 7.59. The van der Waals surface area contributed by atoms with Gasteiger partial charge in [-0.1, -0.05) is 60.7 Å². The number of benzene rings is 2. The van der Waals surface area contributed by atoms with Crippen molar-refractivity contribution >= 4 is 0 Å². The van der Waals surface area contributed by atoms with Gasteiger partial charge in [0.05, 0.1) is 24.0 Å². The Morgan fingerprint density at radius 2 is 1.46 bits per heavy atom. The third kappa shape index (κ3) is 4.50. The molecule has 1 atom stereocenters. The van der Waals surface area contributed by atoms with E-state index in [-0.39, 0.29) is 0 Å². The first-order valence-corrected chi connectivity index (χ1v) is 9.97. The Hall–Kier alpha value is -2.47. The highest BCUT2D eigenvalue weighted by molar-refractivity contribution is 5.68. The Morgan fingerprint density at radius 1 is 0.857 bits per heavy atom. The van der Waals surface area contributed by atoms with Gasteiger partial charge in [0.2, 0.25) is 0 Å². The van der Waals surface area contributed by atoms with E-state index in [1.54, 1.807) is 0 Å². The molecular formula is C23H28N4O. The standard InChI is InChI=1S/C23H28N4O/c1-25-12-14-26(15-13-25)17-21(28)18-27-23(20-10-6-3-7-11-20)16-22(24-27)19-8-4-2-5-9-19/h2-11,16,21,28H,12-15,17-18H2,1H3. The number of aliphatic hydroxyl groups excluding tert-OH is 1. The van der Waals surface area contributed by atoms with Crippen molar-refractivity contribution in [2.45, 2.75) is 12.6 Å². The minimum Gasteiger partial charge on any atom is -0.390 e. The van der Waals surface area contributed by atoms with Gasteiger partial charge in [-0.3, -0.25) is 9.58 Å². The van der Waals surface area contributed by atoms with E-state index >= 15 is 0 Å². The average molecular weight is 377 g/mol. The molecule has 0 spiro atoms. The van der Waals surface area contributed by atoms with Crippen LogP contribution in [0.25, 0.3) is 22.5 Å². The van der Waals surface area contributed by atoms with Crippen LogP contribution in [-0.2, 0) is 6.54 Å². The minimum atomic E-state index is -0.450. The zero-order chi connectivity index (χ0) is 19.3. The highest BCUT2D eigenvalue weighted by Crippen LogP contribution is 2.26. The fourth-order valence-corrected chi connectivity index (χ4v) is 3.73. The van der Waals surface area contributed by atoms with Gasteiger partial charge in [-0.05, 0) is 18.7 Å². The highest BCUT2D eigenvalue weighted by atomic mass is 16.3. The van der Waals surface area contributed by atoms with Crippen LogP contribution in [0.2, 0.25) is 0 Å². The zero-order valence-corrected chi connectivity index (χ0v) is 16.4. The topological polar surface area (TPSA) is 44.5 Å². The maximum atomic E-state index is 10.8. The monoisotopic (exact) mass is 376 g/mol. The summed E-state index contributed by atoms with van der Waals surface area (Å²) in [6.45, 7) is 5.30. The van der Waals surface area contributed by atoms with Crippen LogP contribution in [-0.4, -0.2) is 70.6 Å². The van der Waals surface area contributed by atoms with Gasteiger partial charge in [-0.2, -0.15) is 5.10 Å². The second-order valence-corrected chi connectivity index (χ2v) is 7.59. The smallest absolute Gasteiger partial charge is 0.0929 e. The van der Waals surface area contributed by atoms with Crippen molar-refractivity contribution in [2.24, 2.45) is 0 Å². The van der Waals surface area contributed by atoms with Crippen LogP contribution in [0.5, 0.6) is 0 Å². The lowest BCUT2D eigenvalue weighted by atomic mass is 10.1. The second kappa shape index (κ2) is 8.69. The first-order valence-electron chi connectivity index (χ1n) is 9.97. The first-order chi connectivity index (χ1) is 13.7. The highest BCUT2D eigenvalue weighted by Gasteiger charge is 2.19. The summed E-state index contributed by atoms with van der Waals surface area (Å²) in [5.41, 5.74) is 4.18. The lowest BCUT2D eigenvalue weighted by molar-refractivity contribution is 0.0693. The van der Waals surface area contributed by atoms with Gasteiger partial charge in [0.25, 0.3) is 0 Å². The third-order valence-electron chi connectivity index (χ3n) is 5.37. The van der Waals surface area contributed by atoms with Gasteiger partial charge in [0.1, 0.15) is 0 Å². The molecule has 1 aliphatic rings. The van der Waals surface area contributed by atoms with E-state index in [9.17, 15) is 5.11 Å². The van der Waals surface area contributed by atoms with E-state index in [2.05, 4.69) is 47.2 Å². The van der Waals surface area contributed by atoms with Crippen molar-refractivity contribution in [3.8, 4) is 22.5 Å². The molecule has 2 heterocycles. The van der Waals surface area contributed by atoms with Crippen LogP contribution in [0.15, 0.2) is 66.7 Å². The van der Waals surface area contributed by atoms with E-state index in [1.807, 2.05) is 41.1 Å². The van der Waals surface area contributed by atoms with Crippen molar-refractivity contribution in [2.75, 3.05) is 39.8 Å². The van der Waals surface area contributed by atoms with Crippen LogP contribution in [0, 0.1) is 0 Å². The van der Waals surface area contributed by atoms with Crippen molar-refractivity contribution < 1.29 is 5.11 Å². The van der Waals surface area contributed by atoms with Gasteiger partial charge in [-0.15, -0.1) is 0 Å². The van der Waals surface area contributed by atoms with E-state index in [1.165, 1.54) is 0 Å². The van der Waals surface area contributed by atoms with Gasteiger partial charge >= 0.3 is 0 Å². The summed E-state index contributed by atoms with van der Waals surface area (Å²) in [7, 11) is 2.15. The molecule has 1 unspecified atom stereocenters. The van der Waals surface area contributed by atoms with E-state index in [0.717, 1.165) is 48.7 Å². The molecular weight excluding hydrogens is 348 g/mol. The summed E-state index contributed by atoms with van der Waals surface area (Å²) in [4.78, 5) is 4.67. The van der Waals surface area contributed by atoms with E-state index in [4.69, 9.17) is 5.10 Å². The Morgan fingerprint density at radius 3 is 2.11 bits per heavy atom. The number of nitrogens with zero attached hydrogens (tertiary/aromatic N) is 4. The fraction of sp³-hybridized carbons (Fsp3) is 0.348. The Kier molecular flexibility index (Phi) is 5.86. The van der Waals surface area contributed by atoms with E-state index < -0.39 is 6.10 Å². The number of likely N-dealkylation sites (N-methyl/N-ethyl adjacent to an activating group) is 1. The Labute approximate surface area is 166 Å². The lowest BCUT2D eigenvalue weighted by Crippen LogP contribution is -2.47. The predicted molar refractivity (Wildman–Crippen MR) is 113 cm³/mol. The van der Waals surface area contributed by atoms with Gasteiger partial charge in [0, 0.05) is 38.3 Å². The molecule has 146 valence electrons. The normalized spacial score (nSPS) is 16.9. The number of piperazine rings is 1. The van der Waals surface area contributed by atoms with Gasteiger partial charge in [0.15, 0.2) is 0 Å². The molecule has 1 aromatic heterocycles. The molecule has 5 heteroatoms. The Bertz CT molecular complexity index is 870. The summed E-state index contributed by atoms with van der Waals surface area (Å²) >= 11 is 0.